The molecule has 3 heteroatoms. The molecular weight excluding hydrogens is 260 g/mol. The number of methoxy groups -OCH3 is 1. The van der Waals surface area contributed by atoms with Gasteiger partial charge in [-0.3, -0.25) is 5.84 Å². The Morgan fingerprint density at radius 1 is 0.952 bits per heavy atom. The highest BCUT2D eigenvalue weighted by atomic mass is 16.5. The van der Waals surface area contributed by atoms with Crippen molar-refractivity contribution in [2.45, 2.75) is 32.9 Å². The monoisotopic (exact) mass is 284 g/mol. The summed E-state index contributed by atoms with van der Waals surface area (Å²) in [7, 11) is 1.72. The van der Waals surface area contributed by atoms with Gasteiger partial charge in [-0.2, -0.15) is 0 Å². The summed E-state index contributed by atoms with van der Waals surface area (Å²) < 4.78 is 5.73. The van der Waals surface area contributed by atoms with Gasteiger partial charge in [-0.05, 0) is 48.6 Å². The van der Waals surface area contributed by atoms with E-state index in [1.807, 2.05) is 18.2 Å². The lowest BCUT2D eigenvalue weighted by atomic mass is 9.90. The second kappa shape index (κ2) is 6.85. The van der Waals surface area contributed by atoms with Gasteiger partial charge in [0.15, 0.2) is 0 Å². The van der Waals surface area contributed by atoms with Crippen LogP contribution in [-0.4, -0.2) is 7.11 Å². The second-order valence-electron chi connectivity index (χ2n) is 5.50. The van der Waals surface area contributed by atoms with Crippen molar-refractivity contribution in [1.29, 1.82) is 0 Å². The van der Waals surface area contributed by atoms with Crippen LogP contribution in [0.25, 0.3) is 0 Å². The van der Waals surface area contributed by atoms with Crippen molar-refractivity contribution in [3.8, 4) is 0 Å². The zero-order valence-corrected chi connectivity index (χ0v) is 13.2. The summed E-state index contributed by atoms with van der Waals surface area (Å²) in [6.45, 7) is 6.36. The molecule has 0 fully saturated rings. The van der Waals surface area contributed by atoms with Crippen LogP contribution in [0, 0.1) is 20.8 Å². The van der Waals surface area contributed by atoms with Gasteiger partial charge < -0.3 is 4.74 Å². The van der Waals surface area contributed by atoms with E-state index in [-0.39, 0.29) is 12.1 Å². The number of hydrazine groups is 1. The molecule has 0 bridgehead atoms. The summed E-state index contributed by atoms with van der Waals surface area (Å²) >= 11 is 0. The summed E-state index contributed by atoms with van der Waals surface area (Å²) in [6.07, 6.45) is -0.128. The lowest BCUT2D eigenvalue weighted by molar-refractivity contribution is 0.0674. The molecule has 0 aromatic heterocycles. The van der Waals surface area contributed by atoms with E-state index in [2.05, 4.69) is 50.5 Å². The minimum atomic E-state index is -0.128. The summed E-state index contributed by atoms with van der Waals surface area (Å²) in [5.74, 6) is 5.85. The van der Waals surface area contributed by atoms with Gasteiger partial charge in [-0.25, -0.2) is 5.43 Å². The lowest BCUT2D eigenvalue weighted by Gasteiger charge is -2.28. The molecule has 3 N–H and O–H groups in total. The smallest absolute Gasteiger partial charge is 0.103 e. The van der Waals surface area contributed by atoms with Crippen LogP contribution in [-0.2, 0) is 4.74 Å². The standard InChI is InChI=1S/C18H24N2O/c1-12-10-14(3)16(11-13(12)2)17(20-19)18(21-4)15-8-6-5-7-9-15/h5-11,17-18,20H,19H2,1-4H3. The van der Waals surface area contributed by atoms with Crippen LogP contribution >= 0.6 is 0 Å². The normalized spacial score (nSPS) is 14.0. The van der Waals surface area contributed by atoms with Gasteiger partial charge in [0.05, 0.1) is 6.04 Å². The minimum absolute atomic E-state index is 0.0864. The van der Waals surface area contributed by atoms with E-state index in [0.717, 1.165) is 5.56 Å². The Morgan fingerprint density at radius 2 is 1.57 bits per heavy atom. The highest BCUT2D eigenvalue weighted by molar-refractivity contribution is 5.39. The summed E-state index contributed by atoms with van der Waals surface area (Å²) in [5.41, 5.74) is 9.00. The molecule has 2 aromatic carbocycles. The molecule has 2 rings (SSSR count). The van der Waals surface area contributed by atoms with Crippen molar-refractivity contribution in [3.05, 3.63) is 70.3 Å². The van der Waals surface area contributed by atoms with E-state index < -0.39 is 0 Å². The van der Waals surface area contributed by atoms with Crippen LogP contribution in [0.15, 0.2) is 42.5 Å². The number of nitrogens with two attached hydrogens (primary N) is 1. The quantitative estimate of drug-likeness (QED) is 0.652. The van der Waals surface area contributed by atoms with Gasteiger partial charge in [0.2, 0.25) is 0 Å². The second-order valence-corrected chi connectivity index (χ2v) is 5.50. The first-order chi connectivity index (χ1) is 10.1. The van der Waals surface area contributed by atoms with Gasteiger partial charge >= 0.3 is 0 Å². The van der Waals surface area contributed by atoms with Gasteiger partial charge in [0.25, 0.3) is 0 Å². The highest BCUT2D eigenvalue weighted by Gasteiger charge is 2.25. The predicted molar refractivity (Wildman–Crippen MR) is 86.9 cm³/mol. The van der Waals surface area contributed by atoms with Crippen LogP contribution in [0.5, 0.6) is 0 Å². The molecular formula is C18H24N2O. The average molecular weight is 284 g/mol. The Bertz CT molecular complexity index is 596. The largest absolute Gasteiger partial charge is 0.375 e. The number of benzene rings is 2. The van der Waals surface area contributed by atoms with Crippen molar-refractivity contribution in [1.82, 2.24) is 5.43 Å². The van der Waals surface area contributed by atoms with Crippen molar-refractivity contribution >= 4 is 0 Å². The van der Waals surface area contributed by atoms with Crippen molar-refractivity contribution in [3.63, 3.8) is 0 Å². The summed E-state index contributed by atoms with van der Waals surface area (Å²) in [5, 5.41) is 0. The number of hydrogen-bond donors (Lipinski definition) is 2. The van der Waals surface area contributed by atoms with E-state index in [1.54, 1.807) is 7.11 Å². The van der Waals surface area contributed by atoms with Gasteiger partial charge in [0.1, 0.15) is 6.10 Å². The Kier molecular flexibility index (Phi) is 5.12. The first-order valence-electron chi connectivity index (χ1n) is 7.20. The van der Waals surface area contributed by atoms with Crippen molar-refractivity contribution in [2.24, 2.45) is 5.84 Å². The average Bonchev–Trinajstić information content (AvgIpc) is 2.50. The molecule has 0 amide bonds. The predicted octanol–water partition coefficient (Wildman–Crippen LogP) is 3.50. The van der Waals surface area contributed by atoms with Crippen LogP contribution < -0.4 is 11.3 Å². The van der Waals surface area contributed by atoms with E-state index in [9.17, 15) is 0 Å². The Morgan fingerprint density at radius 3 is 2.14 bits per heavy atom. The van der Waals surface area contributed by atoms with Crippen molar-refractivity contribution < 1.29 is 4.74 Å². The third kappa shape index (κ3) is 3.32. The molecule has 0 saturated carbocycles. The minimum Gasteiger partial charge on any atom is -0.375 e. The van der Waals surface area contributed by atoms with Crippen LogP contribution in [0.2, 0.25) is 0 Å². The Hall–Kier alpha value is -1.68. The van der Waals surface area contributed by atoms with Gasteiger partial charge in [-0.15, -0.1) is 0 Å². The molecule has 0 aliphatic carbocycles. The van der Waals surface area contributed by atoms with Crippen molar-refractivity contribution in [2.75, 3.05) is 7.11 Å². The molecule has 3 nitrogen and oxygen atoms in total. The van der Waals surface area contributed by atoms with Crippen LogP contribution in [0.1, 0.15) is 40.0 Å². The fourth-order valence-electron chi connectivity index (χ4n) is 2.77. The fraction of sp³-hybridized carbons (Fsp3) is 0.333. The number of rotatable bonds is 5. The molecule has 0 aliphatic rings. The van der Waals surface area contributed by atoms with Crippen LogP contribution in [0.4, 0.5) is 0 Å². The van der Waals surface area contributed by atoms with E-state index in [0.29, 0.717) is 0 Å². The molecule has 0 heterocycles. The maximum absolute atomic E-state index is 5.85. The first kappa shape index (κ1) is 15.7. The molecule has 0 spiro atoms. The van der Waals surface area contributed by atoms with Gasteiger partial charge in [0, 0.05) is 7.11 Å². The lowest BCUT2D eigenvalue weighted by Crippen LogP contribution is -2.34. The number of ether oxygens (including phenoxy) is 1. The Labute approximate surface area is 127 Å². The molecule has 0 radical (unpaired) electrons. The summed E-state index contributed by atoms with van der Waals surface area (Å²) in [4.78, 5) is 0. The molecule has 112 valence electrons. The maximum atomic E-state index is 5.85. The molecule has 2 unspecified atom stereocenters. The third-order valence-electron chi connectivity index (χ3n) is 4.08. The maximum Gasteiger partial charge on any atom is 0.103 e. The van der Waals surface area contributed by atoms with Crippen LogP contribution in [0.3, 0.4) is 0 Å². The SMILES string of the molecule is COC(c1ccccc1)C(NN)c1cc(C)c(C)cc1C. The fourth-order valence-corrected chi connectivity index (χ4v) is 2.77. The molecule has 21 heavy (non-hydrogen) atoms. The Balaban J connectivity index is 2.45. The first-order valence-corrected chi connectivity index (χ1v) is 7.20. The van der Waals surface area contributed by atoms with E-state index in [4.69, 9.17) is 10.6 Å². The molecule has 0 saturated heterocycles. The number of hydrogen-bond acceptors (Lipinski definition) is 3. The van der Waals surface area contributed by atoms with E-state index in [1.165, 1.54) is 22.3 Å². The third-order valence-corrected chi connectivity index (χ3v) is 4.08. The topological polar surface area (TPSA) is 47.3 Å². The number of nitrogens with one attached hydrogen (secondary N) is 1. The summed E-state index contributed by atoms with van der Waals surface area (Å²) in [6, 6.07) is 14.5. The molecule has 2 aromatic rings. The van der Waals surface area contributed by atoms with E-state index >= 15 is 0 Å². The molecule has 0 aliphatic heterocycles. The molecule has 2 atom stereocenters. The zero-order chi connectivity index (χ0) is 15.4. The highest BCUT2D eigenvalue weighted by Crippen LogP contribution is 2.33. The number of aryl methyl sites for hydroxylation is 3. The zero-order valence-electron chi connectivity index (χ0n) is 13.2. The van der Waals surface area contributed by atoms with Gasteiger partial charge in [-0.1, -0.05) is 42.5 Å².